The highest BCUT2D eigenvalue weighted by atomic mass is 19.1. The number of terminal acetylenes is 1. The van der Waals surface area contributed by atoms with E-state index >= 15 is 0 Å². The SMILES string of the molecule is C#CC(F)=NCCC(=C)N. The third-order valence-corrected chi connectivity index (χ3v) is 0.803. The molecule has 0 rings (SSSR count). The van der Waals surface area contributed by atoms with Crippen LogP contribution >= 0.6 is 0 Å². The Morgan fingerprint density at radius 3 is 2.80 bits per heavy atom. The average Bonchev–Trinajstić information content (AvgIpc) is 1.87. The van der Waals surface area contributed by atoms with Crippen LogP contribution in [0.1, 0.15) is 6.42 Å². The lowest BCUT2D eigenvalue weighted by molar-refractivity contribution is 0.795. The van der Waals surface area contributed by atoms with E-state index in [2.05, 4.69) is 18.0 Å². The number of nitrogens with zero attached hydrogens (tertiary/aromatic N) is 1. The van der Waals surface area contributed by atoms with Gasteiger partial charge in [-0.05, 0) is 5.92 Å². The van der Waals surface area contributed by atoms with Crippen molar-refractivity contribution < 1.29 is 4.39 Å². The van der Waals surface area contributed by atoms with Gasteiger partial charge >= 0.3 is 0 Å². The molecule has 10 heavy (non-hydrogen) atoms. The zero-order chi connectivity index (χ0) is 7.98. The normalized spacial score (nSPS) is 10.6. The molecule has 0 aromatic carbocycles. The molecule has 0 aromatic rings. The van der Waals surface area contributed by atoms with Crippen molar-refractivity contribution in [1.82, 2.24) is 0 Å². The second-order valence-corrected chi connectivity index (χ2v) is 1.73. The molecule has 0 aliphatic rings. The number of halogens is 1. The van der Waals surface area contributed by atoms with Gasteiger partial charge in [-0.15, -0.1) is 6.42 Å². The second-order valence-electron chi connectivity index (χ2n) is 1.73. The summed E-state index contributed by atoms with van der Waals surface area (Å²) in [5.74, 6) is 0.961. The van der Waals surface area contributed by atoms with Crippen LogP contribution in [0, 0.1) is 12.3 Å². The summed E-state index contributed by atoms with van der Waals surface area (Å²) in [5, 5.41) is 0. The van der Waals surface area contributed by atoms with Gasteiger partial charge in [-0.2, -0.15) is 4.39 Å². The van der Waals surface area contributed by atoms with Crippen molar-refractivity contribution in [1.29, 1.82) is 0 Å². The first-order valence-electron chi connectivity index (χ1n) is 2.76. The first-order chi connectivity index (χ1) is 4.66. The Balaban J connectivity index is 3.56. The summed E-state index contributed by atoms with van der Waals surface area (Å²) in [5.41, 5.74) is 5.66. The molecule has 2 N–H and O–H groups in total. The molecule has 0 bridgehead atoms. The summed E-state index contributed by atoms with van der Waals surface area (Å²) in [7, 11) is 0. The molecule has 0 aromatic heterocycles. The largest absolute Gasteiger partial charge is 0.402 e. The Labute approximate surface area is 59.6 Å². The summed E-state index contributed by atoms with van der Waals surface area (Å²) in [6.45, 7) is 3.68. The van der Waals surface area contributed by atoms with Crippen molar-refractivity contribution >= 4 is 5.97 Å². The van der Waals surface area contributed by atoms with Crippen molar-refractivity contribution in [2.75, 3.05) is 6.54 Å². The van der Waals surface area contributed by atoms with E-state index in [0.29, 0.717) is 12.1 Å². The number of nitrogens with two attached hydrogens (primary N) is 1. The lowest BCUT2D eigenvalue weighted by Gasteiger charge is -1.91. The molecule has 0 fully saturated rings. The molecule has 54 valence electrons. The number of hydrogen-bond acceptors (Lipinski definition) is 2. The van der Waals surface area contributed by atoms with Crippen LogP contribution in [0.25, 0.3) is 0 Å². The Hall–Kier alpha value is -1.30. The van der Waals surface area contributed by atoms with Gasteiger partial charge in [0.2, 0.25) is 0 Å². The molecule has 0 unspecified atom stereocenters. The van der Waals surface area contributed by atoms with Crippen LogP contribution in [0.4, 0.5) is 4.39 Å². The molecule has 0 heterocycles. The van der Waals surface area contributed by atoms with Gasteiger partial charge < -0.3 is 5.73 Å². The molecule has 2 nitrogen and oxygen atoms in total. The lowest BCUT2D eigenvalue weighted by Crippen LogP contribution is -1.97. The second kappa shape index (κ2) is 4.57. The third kappa shape index (κ3) is 4.85. The predicted molar refractivity (Wildman–Crippen MR) is 40.2 cm³/mol. The van der Waals surface area contributed by atoms with E-state index in [-0.39, 0.29) is 6.54 Å². The van der Waals surface area contributed by atoms with Crippen LogP contribution in [0.2, 0.25) is 0 Å². The van der Waals surface area contributed by atoms with E-state index in [1.165, 1.54) is 0 Å². The van der Waals surface area contributed by atoms with Crippen molar-refractivity contribution in [2.24, 2.45) is 10.7 Å². The minimum absolute atomic E-state index is 0.269. The lowest BCUT2D eigenvalue weighted by atomic mass is 10.3. The first-order valence-corrected chi connectivity index (χ1v) is 2.76. The van der Waals surface area contributed by atoms with Gasteiger partial charge in [0, 0.05) is 18.7 Å². The minimum atomic E-state index is -0.791. The van der Waals surface area contributed by atoms with E-state index < -0.39 is 5.97 Å². The van der Waals surface area contributed by atoms with Crippen LogP contribution < -0.4 is 5.73 Å². The Morgan fingerprint density at radius 2 is 2.40 bits per heavy atom. The maximum absolute atomic E-state index is 12.0. The molecule has 0 saturated heterocycles. The van der Waals surface area contributed by atoms with E-state index in [1.54, 1.807) is 5.92 Å². The van der Waals surface area contributed by atoms with Gasteiger partial charge in [-0.3, -0.25) is 0 Å². The summed E-state index contributed by atoms with van der Waals surface area (Å²) >= 11 is 0. The fourth-order valence-corrected chi connectivity index (χ4v) is 0.343. The van der Waals surface area contributed by atoms with Crippen molar-refractivity contribution in [3.05, 3.63) is 12.3 Å². The van der Waals surface area contributed by atoms with Gasteiger partial charge in [0.05, 0.1) is 0 Å². The van der Waals surface area contributed by atoms with Crippen LogP contribution in [0.5, 0.6) is 0 Å². The van der Waals surface area contributed by atoms with E-state index in [1.807, 2.05) is 0 Å². The number of aliphatic imine (C=N–C) groups is 1. The minimum Gasteiger partial charge on any atom is -0.402 e. The van der Waals surface area contributed by atoms with Crippen molar-refractivity contribution in [2.45, 2.75) is 6.42 Å². The molecule has 0 aliphatic carbocycles. The molecule has 0 spiro atoms. The van der Waals surface area contributed by atoms with E-state index in [9.17, 15) is 4.39 Å². The fourth-order valence-electron chi connectivity index (χ4n) is 0.343. The maximum atomic E-state index is 12.0. The van der Waals surface area contributed by atoms with Crippen LogP contribution in [0.15, 0.2) is 17.3 Å². The molecule has 0 amide bonds. The van der Waals surface area contributed by atoms with Crippen LogP contribution in [0.3, 0.4) is 0 Å². The van der Waals surface area contributed by atoms with Crippen molar-refractivity contribution in [3.8, 4) is 12.3 Å². The highest BCUT2D eigenvalue weighted by molar-refractivity contribution is 5.91. The zero-order valence-electron chi connectivity index (χ0n) is 5.60. The molecule has 0 radical (unpaired) electrons. The van der Waals surface area contributed by atoms with Gasteiger partial charge in [-0.1, -0.05) is 6.58 Å². The smallest absolute Gasteiger partial charge is 0.259 e. The molecule has 3 heteroatoms. The summed E-state index contributed by atoms with van der Waals surface area (Å²) in [6.07, 6.45) is 5.15. The molecule has 0 saturated carbocycles. The zero-order valence-corrected chi connectivity index (χ0v) is 5.60. The predicted octanol–water partition coefficient (Wildman–Crippen LogP) is 0.850. The molecule has 0 aliphatic heterocycles. The average molecular weight is 140 g/mol. The number of rotatable bonds is 3. The summed E-state index contributed by atoms with van der Waals surface area (Å²) in [6, 6.07) is 0. The third-order valence-electron chi connectivity index (χ3n) is 0.803. The van der Waals surface area contributed by atoms with Crippen molar-refractivity contribution in [3.63, 3.8) is 0 Å². The van der Waals surface area contributed by atoms with Crippen LogP contribution in [-0.4, -0.2) is 12.5 Å². The topological polar surface area (TPSA) is 38.4 Å². The monoisotopic (exact) mass is 140 g/mol. The van der Waals surface area contributed by atoms with Gasteiger partial charge in [-0.25, -0.2) is 4.99 Å². The quantitative estimate of drug-likeness (QED) is 0.458. The molecule has 0 atom stereocenters. The Bertz CT molecular complexity index is 188. The number of hydrogen-bond donors (Lipinski definition) is 1. The highest BCUT2D eigenvalue weighted by Crippen LogP contribution is 1.89. The van der Waals surface area contributed by atoms with Gasteiger partial charge in [0.25, 0.3) is 5.97 Å². The van der Waals surface area contributed by atoms with Crippen LogP contribution in [-0.2, 0) is 0 Å². The van der Waals surface area contributed by atoms with Gasteiger partial charge in [0.1, 0.15) is 0 Å². The molecular weight excluding hydrogens is 131 g/mol. The molecular formula is C7H9FN2. The maximum Gasteiger partial charge on any atom is 0.259 e. The Kier molecular flexibility index (Phi) is 3.97. The fraction of sp³-hybridized carbons (Fsp3) is 0.286. The van der Waals surface area contributed by atoms with E-state index in [4.69, 9.17) is 5.73 Å². The van der Waals surface area contributed by atoms with Gasteiger partial charge in [0.15, 0.2) is 0 Å². The highest BCUT2D eigenvalue weighted by Gasteiger charge is 1.88. The summed E-state index contributed by atoms with van der Waals surface area (Å²) in [4.78, 5) is 3.36. The van der Waals surface area contributed by atoms with E-state index in [0.717, 1.165) is 0 Å². The summed E-state index contributed by atoms with van der Waals surface area (Å²) < 4.78 is 12.0. The standard InChI is InChI=1S/C7H9FN2/c1-3-7(8)10-5-4-6(2)9/h1H,2,4-5,9H2. The Morgan fingerprint density at radius 1 is 1.80 bits per heavy atom. The first kappa shape index (κ1) is 8.70.